The number of hydrogen-bond acceptors (Lipinski definition) is 9. The Balaban J connectivity index is 1.31. The molecule has 1 unspecified atom stereocenters. The van der Waals surface area contributed by atoms with Crippen molar-refractivity contribution >= 4 is 17.3 Å². The van der Waals surface area contributed by atoms with Gasteiger partial charge in [0, 0.05) is 82.2 Å². The first-order chi connectivity index (χ1) is 22.1. The summed E-state index contributed by atoms with van der Waals surface area (Å²) >= 11 is 0. The number of aromatic nitrogens is 3. The normalized spacial score (nSPS) is 14.7. The predicted molar refractivity (Wildman–Crippen MR) is 165 cm³/mol. The van der Waals surface area contributed by atoms with E-state index in [1.807, 2.05) is 34.1 Å². The van der Waals surface area contributed by atoms with Crippen LogP contribution in [-0.2, 0) is 23.5 Å². The fraction of sp³-hybridized carbons (Fsp3) is 0.344. The lowest BCUT2D eigenvalue weighted by Crippen LogP contribution is -2.48. The van der Waals surface area contributed by atoms with Gasteiger partial charge in [0.1, 0.15) is 42.2 Å². The van der Waals surface area contributed by atoms with Gasteiger partial charge in [-0.3, -0.25) is 19.8 Å². The minimum atomic E-state index is -1.86. The van der Waals surface area contributed by atoms with Crippen LogP contribution in [0.25, 0.3) is 0 Å². The summed E-state index contributed by atoms with van der Waals surface area (Å²) in [7, 11) is 0. The van der Waals surface area contributed by atoms with Gasteiger partial charge >= 0.3 is 0 Å². The topological polar surface area (TPSA) is 130 Å². The molecule has 1 amide bonds. The molecule has 1 atom stereocenters. The highest BCUT2D eigenvalue weighted by molar-refractivity contribution is 5.73. The van der Waals surface area contributed by atoms with Crippen molar-refractivity contribution in [1.29, 1.82) is 0 Å². The second-order valence-corrected chi connectivity index (χ2v) is 11.2. The number of non-ortho nitro benzene ring substituents is 1. The number of nitro groups is 1. The lowest BCUT2D eigenvalue weighted by molar-refractivity contribution is -0.384. The molecule has 0 aliphatic carbocycles. The molecule has 5 rings (SSSR count). The zero-order valence-corrected chi connectivity index (χ0v) is 25.3. The fourth-order valence-electron chi connectivity index (χ4n) is 5.56. The van der Waals surface area contributed by atoms with Crippen LogP contribution in [0, 0.1) is 21.7 Å². The van der Waals surface area contributed by atoms with E-state index in [1.165, 1.54) is 35.5 Å². The molecule has 12 nitrogen and oxygen atoms in total. The Kier molecular flexibility index (Phi) is 10.2. The van der Waals surface area contributed by atoms with E-state index in [-0.39, 0.29) is 49.9 Å². The Morgan fingerprint density at radius 2 is 1.78 bits per heavy atom. The van der Waals surface area contributed by atoms with Crippen LogP contribution in [0.5, 0.6) is 5.75 Å². The van der Waals surface area contributed by atoms with E-state index in [1.54, 1.807) is 19.1 Å². The predicted octanol–water partition coefficient (Wildman–Crippen LogP) is 3.60. The molecule has 0 saturated carbocycles. The van der Waals surface area contributed by atoms with Gasteiger partial charge in [-0.05, 0) is 35.9 Å². The largest absolute Gasteiger partial charge is 0.492 e. The average Bonchev–Trinajstić information content (AvgIpc) is 3.54. The lowest BCUT2D eigenvalue weighted by Gasteiger charge is -2.35. The molecule has 1 aromatic heterocycles. The Labute approximate surface area is 264 Å². The van der Waals surface area contributed by atoms with Crippen molar-refractivity contribution in [2.75, 3.05) is 50.8 Å². The molecule has 2 heterocycles. The molecule has 1 aliphatic heterocycles. The van der Waals surface area contributed by atoms with Gasteiger partial charge in [-0.2, -0.15) is 5.10 Å². The minimum absolute atomic E-state index is 0.0566. The molecule has 3 aromatic carbocycles. The molecule has 0 radical (unpaired) electrons. The zero-order valence-electron chi connectivity index (χ0n) is 25.3. The molecular weight excluding hydrogens is 600 g/mol. The van der Waals surface area contributed by atoms with Gasteiger partial charge in [0.05, 0.1) is 11.5 Å². The van der Waals surface area contributed by atoms with Gasteiger partial charge < -0.3 is 19.6 Å². The number of amides is 1. The van der Waals surface area contributed by atoms with Crippen molar-refractivity contribution < 1.29 is 28.3 Å². The van der Waals surface area contributed by atoms with E-state index < -0.39 is 22.2 Å². The molecule has 1 N–H and O–H groups in total. The van der Waals surface area contributed by atoms with E-state index in [0.29, 0.717) is 18.8 Å². The highest BCUT2D eigenvalue weighted by atomic mass is 19.1. The van der Waals surface area contributed by atoms with Crippen LogP contribution in [0.3, 0.4) is 0 Å². The number of hydrogen-bond donors (Lipinski definition) is 1. The number of nitrogens with zero attached hydrogens (tertiary/aromatic N) is 7. The monoisotopic (exact) mass is 635 g/mol. The molecule has 1 aliphatic rings. The zero-order chi connectivity index (χ0) is 32.7. The second-order valence-electron chi connectivity index (χ2n) is 11.2. The first kappa shape index (κ1) is 32.4. The summed E-state index contributed by atoms with van der Waals surface area (Å²) in [6.45, 7) is 4.85. The summed E-state index contributed by atoms with van der Waals surface area (Å²) < 4.78 is 36.3. The number of aliphatic hydroxyl groups is 1. The molecule has 0 bridgehead atoms. The molecule has 46 heavy (non-hydrogen) atoms. The Morgan fingerprint density at radius 1 is 1.07 bits per heavy atom. The average molecular weight is 636 g/mol. The third-order valence-corrected chi connectivity index (χ3v) is 7.96. The number of piperazine rings is 1. The summed E-state index contributed by atoms with van der Waals surface area (Å²) in [4.78, 5) is 32.1. The van der Waals surface area contributed by atoms with Crippen molar-refractivity contribution in [1.82, 2.24) is 24.6 Å². The summed E-state index contributed by atoms with van der Waals surface area (Å²) in [5.41, 5.74) is -0.282. The Hall–Kier alpha value is -4.95. The van der Waals surface area contributed by atoms with Gasteiger partial charge in [0.25, 0.3) is 5.69 Å². The maximum Gasteiger partial charge on any atom is 0.269 e. The third-order valence-electron chi connectivity index (χ3n) is 7.96. The number of benzene rings is 3. The molecule has 14 heteroatoms. The maximum absolute atomic E-state index is 15.1. The highest BCUT2D eigenvalue weighted by Gasteiger charge is 2.36. The fourth-order valence-corrected chi connectivity index (χ4v) is 5.56. The number of ether oxygens (including phenoxy) is 1. The van der Waals surface area contributed by atoms with Crippen molar-refractivity contribution in [3.05, 3.63) is 112 Å². The number of carbonyl (C=O) groups excluding carboxylic acids is 1. The van der Waals surface area contributed by atoms with E-state index in [4.69, 9.17) is 4.74 Å². The van der Waals surface area contributed by atoms with Crippen LogP contribution in [0.2, 0.25) is 0 Å². The molecule has 4 aromatic rings. The van der Waals surface area contributed by atoms with E-state index in [9.17, 15) is 24.4 Å². The summed E-state index contributed by atoms with van der Waals surface area (Å²) in [5, 5.41) is 27.2. The van der Waals surface area contributed by atoms with E-state index in [0.717, 1.165) is 36.5 Å². The number of halogens is 2. The van der Waals surface area contributed by atoms with Gasteiger partial charge in [-0.15, -0.1) is 0 Å². The first-order valence-corrected chi connectivity index (χ1v) is 14.8. The minimum Gasteiger partial charge on any atom is -0.492 e. The summed E-state index contributed by atoms with van der Waals surface area (Å²) in [6, 6.07) is 16.7. The van der Waals surface area contributed by atoms with Crippen LogP contribution >= 0.6 is 0 Å². The quantitative estimate of drug-likeness (QED) is 0.173. The molecule has 1 saturated heterocycles. The van der Waals surface area contributed by atoms with Gasteiger partial charge in [0.15, 0.2) is 0 Å². The summed E-state index contributed by atoms with van der Waals surface area (Å²) in [5.74, 6) is -0.976. The molecular formula is C32H35F2N7O5. The summed E-state index contributed by atoms with van der Waals surface area (Å²) in [6.07, 6.45) is 2.68. The number of anilines is 1. The van der Waals surface area contributed by atoms with E-state index in [2.05, 4.69) is 15.0 Å². The lowest BCUT2D eigenvalue weighted by atomic mass is 9.92. The van der Waals surface area contributed by atoms with Crippen LogP contribution in [0.1, 0.15) is 18.1 Å². The Bertz CT molecular complexity index is 1620. The van der Waals surface area contributed by atoms with Gasteiger partial charge in [-0.1, -0.05) is 18.2 Å². The molecule has 0 spiro atoms. The van der Waals surface area contributed by atoms with Gasteiger partial charge in [0.2, 0.25) is 5.91 Å². The van der Waals surface area contributed by atoms with Crippen LogP contribution in [-0.4, -0.2) is 86.4 Å². The third kappa shape index (κ3) is 8.20. The van der Waals surface area contributed by atoms with Crippen LogP contribution in [0.4, 0.5) is 20.2 Å². The van der Waals surface area contributed by atoms with Crippen molar-refractivity contribution in [3.8, 4) is 5.75 Å². The highest BCUT2D eigenvalue weighted by Crippen LogP contribution is 2.29. The second kappa shape index (κ2) is 14.4. The van der Waals surface area contributed by atoms with Crippen molar-refractivity contribution in [2.45, 2.75) is 25.6 Å². The standard InChI is InChI=1S/C32H35F2N7O5/c1-24(42)38-12-14-39(15-13-38)27-7-9-29(10-8-27)46-17-16-37(19-25-2-5-28(6-3-25)41(44)45)20-32(43,21-40-23-35-22-36-40)30-11-4-26(33)18-31(30)34/h2-11,18,22-23,43H,12-17,19-21H2,1H3. The van der Waals surface area contributed by atoms with Crippen molar-refractivity contribution in [2.24, 2.45) is 0 Å². The van der Waals surface area contributed by atoms with E-state index >= 15 is 4.39 Å². The smallest absolute Gasteiger partial charge is 0.269 e. The number of rotatable bonds is 13. The SMILES string of the molecule is CC(=O)N1CCN(c2ccc(OCCN(Cc3ccc([N+](=O)[O-])cc3)CC(O)(Cn3cncn3)c3ccc(F)cc3F)cc2)CC1. The number of nitro benzene ring substituents is 1. The molecule has 1 fully saturated rings. The van der Waals surface area contributed by atoms with Crippen LogP contribution < -0.4 is 9.64 Å². The molecule has 242 valence electrons. The van der Waals surface area contributed by atoms with Gasteiger partial charge in [-0.25, -0.2) is 18.4 Å². The maximum atomic E-state index is 15.1. The first-order valence-electron chi connectivity index (χ1n) is 14.8. The number of carbonyl (C=O) groups is 1. The van der Waals surface area contributed by atoms with Crippen LogP contribution in [0.15, 0.2) is 79.4 Å². The Morgan fingerprint density at radius 3 is 2.39 bits per heavy atom. The van der Waals surface area contributed by atoms with Crippen molar-refractivity contribution in [3.63, 3.8) is 0 Å².